The van der Waals surface area contributed by atoms with Gasteiger partial charge in [-0.15, -0.1) is 11.8 Å². The summed E-state index contributed by atoms with van der Waals surface area (Å²) in [5.74, 6) is 0.902. The molecular formula is C20H17BrN2S. The predicted octanol–water partition coefficient (Wildman–Crippen LogP) is 6.40. The summed E-state index contributed by atoms with van der Waals surface area (Å²) in [4.78, 5) is 0. The van der Waals surface area contributed by atoms with Crippen molar-refractivity contribution >= 4 is 38.9 Å². The van der Waals surface area contributed by atoms with Gasteiger partial charge in [0.2, 0.25) is 0 Å². The molecule has 4 heteroatoms. The molecule has 0 bridgehead atoms. The van der Waals surface area contributed by atoms with Gasteiger partial charge in [0.25, 0.3) is 0 Å². The lowest BCUT2D eigenvalue weighted by Crippen LogP contribution is -1.88. The highest BCUT2D eigenvalue weighted by Crippen LogP contribution is 2.21. The molecule has 1 N–H and O–H groups in total. The van der Waals surface area contributed by atoms with Crippen LogP contribution in [0.15, 0.2) is 88.4 Å². The van der Waals surface area contributed by atoms with Crippen LogP contribution in [0.3, 0.4) is 0 Å². The third-order valence-corrected chi connectivity index (χ3v) is 4.70. The number of hydrogen-bond donors (Lipinski definition) is 1. The van der Waals surface area contributed by atoms with Crippen molar-refractivity contribution in [3.63, 3.8) is 0 Å². The highest BCUT2D eigenvalue weighted by Gasteiger charge is 1.97. The van der Waals surface area contributed by atoms with Gasteiger partial charge in [0, 0.05) is 10.2 Å². The summed E-state index contributed by atoms with van der Waals surface area (Å²) in [6.45, 7) is 0. The number of halogens is 1. The zero-order valence-corrected chi connectivity index (χ0v) is 15.4. The predicted molar refractivity (Wildman–Crippen MR) is 109 cm³/mol. The number of hydrazone groups is 1. The van der Waals surface area contributed by atoms with Crippen molar-refractivity contribution in [2.24, 2.45) is 5.10 Å². The minimum atomic E-state index is 0.902. The SMILES string of the molecule is Brc1cccc(NN=CSCc2ccc(-c3ccccc3)cc2)c1. The molecule has 0 unspecified atom stereocenters. The van der Waals surface area contributed by atoms with Gasteiger partial charge >= 0.3 is 0 Å². The Morgan fingerprint density at radius 3 is 2.38 bits per heavy atom. The molecule has 3 rings (SSSR count). The Bertz CT molecular complexity index is 801. The maximum absolute atomic E-state index is 4.23. The Labute approximate surface area is 155 Å². The van der Waals surface area contributed by atoms with Gasteiger partial charge < -0.3 is 0 Å². The first kappa shape index (κ1) is 16.8. The van der Waals surface area contributed by atoms with Crippen LogP contribution in [0.2, 0.25) is 0 Å². The van der Waals surface area contributed by atoms with E-state index < -0.39 is 0 Å². The monoisotopic (exact) mass is 396 g/mol. The topological polar surface area (TPSA) is 24.4 Å². The molecule has 24 heavy (non-hydrogen) atoms. The van der Waals surface area contributed by atoms with Gasteiger partial charge in [-0.1, -0.05) is 76.6 Å². The molecule has 120 valence electrons. The molecule has 0 radical (unpaired) electrons. The van der Waals surface area contributed by atoms with E-state index in [1.807, 2.05) is 35.9 Å². The summed E-state index contributed by atoms with van der Waals surface area (Å²) in [6, 6.07) is 27.0. The summed E-state index contributed by atoms with van der Waals surface area (Å²) in [5, 5.41) is 4.23. The van der Waals surface area contributed by atoms with Crippen LogP contribution >= 0.6 is 27.7 Å². The van der Waals surface area contributed by atoms with Crippen LogP contribution in [0.4, 0.5) is 5.69 Å². The summed E-state index contributed by atoms with van der Waals surface area (Å²) < 4.78 is 1.04. The second kappa shape index (κ2) is 8.71. The van der Waals surface area contributed by atoms with Crippen LogP contribution in [-0.2, 0) is 5.75 Å². The van der Waals surface area contributed by atoms with Crippen molar-refractivity contribution < 1.29 is 0 Å². The highest BCUT2D eigenvalue weighted by atomic mass is 79.9. The second-order valence-electron chi connectivity index (χ2n) is 5.23. The van der Waals surface area contributed by atoms with Gasteiger partial charge in [-0.3, -0.25) is 5.43 Å². The fraction of sp³-hybridized carbons (Fsp3) is 0.0500. The van der Waals surface area contributed by atoms with Gasteiger partial charge in [0.05, 0.1) is 11.2 Å². The van der Waals surface area contributed by atoms with Gasteiger partial charge in [0.1, 0.15) is 0 Å². The smallest absolute Gasteiger partial charge is 0.0804 e. The van der Waals surface area contributed by atoms with E-state index >= 15 is 0 Å². The first-order valence-corrected chi connectivity index (χ1v) is 9.44. The summed E-state index contributed by atoms with van der Waals surface area (Å²) in [6.07, 6.45) is 0. The molecule has 0 aliphatic carbocycles. The molecule has 0 aliphatic heterocycles. The number of nitrogens with one attached hydrogen (secondary N) is 1. The van der Waals surface area contributed by atoms with Crippen LogP contribution < -0.4 is 5.43 Å². The first-order chi connectivity index (χ1) is 11.8. The van der Waals surface area contributed by atoms with Crippen molar-refractivity contribution in [1.29, 1.82) is 0 Å². The van der Waals surface area contributed by atoms with Gasteiger partial charge in [0.15, 0.2) is 0 Å². The van der Waals surface area contributed by atoms with Gasteiger partial charge in [-0.2, -0.15) is 5.10 Å². The Hall–Kier alpha value is -2.04. The lowest BCUT2D eigenvalue weighted by molar-refractivity contribution is 1.36. The Balaban J connectivity index is 1.49. The summed E-state index contributed by atoms with van der Waals surface area (Å²) in [7, 11) is 0. The lowest BCUT2D eigenvalue weighted by atomic mass is 10.0. The molecule has 2 nitrogen and oxygen atoms in total. The van der Waals surface area contributed by atoms with Gasteiger partial charge in [-0.25, -0.2) is 0 Å². The molecule has 0 atom stereocenters. The van der Waals surface area contributed by atoms with Crippen LogP contribution in [0.5, 0.6) is 0 Å². The third kappa shape index (κ3) is 4.98. The van der Waals surface area contributed by atoms with Crippen molar-refractivity contribution in [2.75, 3.05) is 5.43 Å². The first-order valence-electron chi connectivity index (χ1n) is 7.60. The van der Waals surface area contributed by atoms with E-state index in [0.717, 1.165) is 15.9 Å². The molecule has 0 aromatic heterocycles. The molecule has 0 heterocycles. The number of thioether (sulfide) groups is 1. The Morgan fingerprint density at radius 1 is 0.875 bits per heavy atom. The van der Waals surface area contributed by atoms with E-state index in [1.165, 1.54) is 16.7 Å². The van der Waals surface area contributed by atoms with E-state index in [2.05, 4.69) is 75.0 Å². The molecule has 0 spiro atoms. The highest BCUT2D eigenvalue weighted by molar-refractivity contribution is 9.10. The quantitative estimate of drug-likeness (QED) is 0.296. The number of nitrogens with zero attached hydrogens (tertiary/aromatic N) is 1. The van der Waals surface area contributed by atoms with Crippen molar-refractivity contribution in [3.8, 4) is 11.1 Å². The fourth-order valence-electron chi connectivity index (χ4n) is 2.25. The molecule has 0 amide bonds. The molecule has 0 fully saturated rings. The third-order valence-electron chi connectivity index (χ3n) is 3.46. The normalized spacial score (nSPS) is 10.9. The molecular weight excluding hydrogens is 380 g/mol. The van der Waals surface area contributed by atoms with Crippen molar-refractivity contribution in [2.45, 2.75) is 5.75 Å². The minimum absolute atomic E-state index is 0.902. The Morgan fingerprint density at radius 2 is 1.62 bits per heavy atom. The summed E-state index contributed by atoms with van der Waals surface area (Å²) in [5.41, 5.74) is 9.60. The van der Waals surface area contributed by atoms with Crippen LogP contribution in [-0.4, -0.2) is 5.55 Å². The largest absolute Gasteiger partial charge is 0.278 e. The molecule has 3 aromatic rings. The average molecular weight is 397 g/mol. The Kier molecular flexibility index (Phi) is 6.10. The number of anilines is 1. The number of hydrogen-bond acceptors (Lipinski definition) is 3. The van der Waals surface area contributed by atoms with E-state index in [1.54, 1.807) is 11.8 Å². The maximum atomic E-state index is 4.23. The van der Waals surface area contributed by atoms with E-state index in [4.69, 9.17) is 0 Å². The molecule has 0 aliphatic rings. The van der Waals surface area contributed by atoms with Crippen molar-refractivity contribution in [3.05, 3.63) is 88.9 Å². The lowest BCUT2D eigenvalue weighted by Gasteiger charge is -2.03. The zero-order chi connectivity index (χ0) is 16.6. The van der Waals surface area contributed by atoms with Crippen LogP contribution in [0.25, 0.3) is 11.1 Å². The molecule has 0 saturated heterocycles. The van der Waals surface area contributed by atoms with E-state index in [0.29, 0.717) is 0 Å². The van der Waals surface area contributed by atoms with E-state index in [-0.39, 0.29) is 0 Å². The second-order valence-corrected chi connectivity index (χ2v) is 6.98. The average Bonchev–Trinajstić information content (AvgIpc) is 2.63. The number of benzene rings is 3. The molecule has 0 saturated carbocycles. The van der Waals surface area contributed by atoms with Crippen LogP contribution in [0.1, 0.15) is 5.56 Å². The van der Waals surface area contributed by atoms with Gasteiger partial charge in [-0.05, 0) is 34.9 Å². The standard InChI is InChI=1S/C20H17BrN2S/c21-19-7-4-8-20(13-19)23-22-15-24-14-16-9-11-18(12-10-16)17-5-2-1-3-6-17/h1-13,15,23H,14H2. The summed E-state index contributed by atoms with van der Waals surface area (Å²) >= 11 is 5.11. The minimum Gasteiger partial charge on any atom is -0.278 e. The molecule has 3 aromatic carbocycles. The zero-order valence-electron chi connectivity index (χ0n) is 13.0. The van der Waals surface area contributed by atoms with E-state index in [9.17, 15) is 0 Å². The fourth-order valence-corrected chi connectivity index (χ4v) is 3.24. The van der Waals surface area contributed by atoms with Crippen LogP contribution in [0, 0.1) is 0 Å². The van der Waals surface area contributed by atoms with Crippen molar-refractivity contribution in [1.82, 2.24) is 0 Å². The number of rotatable bonds is 6. The maximum Gasteiger partial charge on any atom is 0.0804 e.